The summed E-state index contributed by atoms with van der Waals surface area (Å²) in [6, 6.07) is 16.1. The van der Waals surface area contributed by atoms with Crippen LogP contribution in [0, 0.1) is 0 Å². The summed E-state index contributed by atoms with van der Waals surface area (Å²) in [7, 11) is 1.66. The normalized spacial score (nSPS) is 13.9. The third-order valence-electron chi connectivity index (χ3n) is 5.17. The lowest BCUT2D eigenvalue weighted by molar-refractivity contribution is 0.122. The smallest absolute Gasteiger partial charge is 0.232 e. The van der Waals surface area contributed by atoms with Gasteiger partial charge in [-0.05, 0) is 42.3 Å². The molecular weight excluding hydrogens is 412 g/mol. The Morgan fingerprint density at radius 3 is 2.48 bits per heavy atom. The summed E-state index contributed by atoms with van der Waals surface area (Å²) < 4.78 is 18.8. The van der Waals surface area contributed by atoms with Crippen LogP contribution in [0.15, 0.2) is 53.7 Å². The maximum Gasteiger partial charge on any atom is 0.232 e. The van der Waals surface area contributed by atoms with Gasteiger partial charge < -0.3 is 19.1 Å². The molecule has 0 spiro atoms. The summed E-state index contributed by atoms with van der Waals surface area (Å²) in [5.74, 6) is 3.29. The molecule has 7 nitrogen and oxygen atoms in total. The first kappa shape index (κ1) is 21.5. The average Bonchev–Trinajstić information content (AvgIpc) is 3.26. The average molecular weight is 441 g/mol. The van der Waals surface area contributed by atoms with Crippen molar-refractivity contribution in [2.45, 2.75) is 18.5 Å². The van der Waals surface area contributed by atoms with Crippen molar-refractivity contribution in [2.75, 3.05) is 50.7 Å². The minimum Gasteiger partial charge on any atom is -0.497 e. The van der Waals surface area contributed by atoms with Crippen molar-refractivity contribution in [1.29, 1.82) is 0 Å². The zero-order valence-corrected chi connectivity index (χ0v) is 18.8. The first-order valence-corrected chi connectivity index (χ1v) is 11.5. The Kier molecular flexibility index (Phi) is 7.32. The number of thioether (sulfide) groups is 1. The van der Waals surface area contributed by atoms with E-state index in [0.29, 0.717) is 19.8 Å². The van der Waals surface area contributed by atoms with Gasteiger partial charge in [0.25, 0.3) is 0 Å². The molecule has 8 heteroatoms. The van der Waals surface area contributed by atoms with Gasteiger partial charge in [-0.2, -0.15) is 0 Å². The van der Waals surface area contributed by atoms with Crippen LogP contribution in [0.25, 0.3) is 5.69 Å². The van der Waals surface area contributed by atoms with Crippen molar-refractivity contribution in [1.82, 2.24) is 14.8 Å². The number of methoxy groups -OCH3 is 1. The highest BCUT2D eigenvalue weighted by atomic mass is 32.2. The molecule has 0 aliphatic carbocycles. The van der Waals surface area contributed by atoms with Gasteiger partial charge in [0, 0.05) is 18.8 Å². The van der Waals surface area contributed by atoms with Gasteiger partial charge >= 0.3 is 0 Å². The fraction of sp³-hybridized carbons (Fsp3) is 0.391. The summed E-state index contributed by atoms with van der Waals surface area (Å²) >= 11 is 1.65. The fourth-order valence-corrected chi connectivity index (χ4v) is 4.28. The Morgan fingerprint density at radius 2 is 1.74 bits per heavy atom. The third kappa shape index (κ3) is 5.14. The van der Waals surface area contributed by atoms with Crippen LogP contribution in [0.3, 0.4) is 0 Å². The van der Waals surface area contributed by atoms with Crippen LogP contribution in [0.4, 0.5) is 5.95 Å². The number of aromatic nitrogens is 3. The second kappa shape index (κ2) is 10.5. The number of rotatable bonds is 9. The van der Waals surface area contributed by atoms with Crippen molar-refractivity contribution in [3.05, 3.63) is 54.1 Å². The number of nitrogens with zero attached hydrogens (tertiary/aromatic N) is 4. The molecule has 0 atom stereocenters. The Labute approximate surface area is 187 Å². The minimum atomic E-state index is 0.576. The van der Waals surface area contributed by atoms with Crippen LogP contribution < -0.4 is 14.4 Å². The van der Waals surface area contributed by atoms with E-state index in [9.17, 15) is 0 Å². The highest BCUT2D eigenvalue weighted by Gasteiger charge is 2.22. The zero-order chi connectivity index (χ0) is 21.5. The zero-order valence-electron chi connectivity index (χ0n) is 18.0. The fourth-order valence-electron chi connectivity index (χ4n) is 3.53. The number of hydrogen-bond donors (Lipinski definition) is 0. The molecule has 0 saturated carbocycles. The number of morpholine rings is 1. The Hall–Kier alpha value is -2.71. The van der Waals surface area contributed by atoms with E-state index in [-0.39, 0.29) is 0 Å². The van der Waals surface area contributed by atoms with Gasteiger partial charge in [0.15, 0.2) is 5.16 Å². The molecule has 0 amide bonds. The van der Waals surface area contributed by atoms with E-state index in [4.69, 9.17) is 14.2 Å². The van der Waals surface area contributed by atoms with E-state index < -0.39 is 0 Å². The molecule has 3 aromatic rings. The second-order valence-electron chi connectivity index (χ2n) is 7.07. The van der Waals surface area contributed by atoms with Gasteiger partial charge in [-0.25, -0.2) is 0 Å². The van der Waals surface area contributed by atoms with E-state index in [1.807, 2.05) is 24.3 Å². The molecule has 1 aliphatic rings. The van der Waals surface area contributed by atoms with Crippen molar-refractivity contribution in [2.24, 2.45) is 0 Å². The van der Waals surface area contributed by atoms with Crippen molar-refractivity contribution < 1.29 is 14.2 Å². The Morgan fingerprint density at radius 1 is 1.00 bits per heavy atom. The third-order valence-corrected chi connectivity index (χ3v) is 6.06. The Balaban J connectivity index is 1.50. The van der Waals surface area contributed by atoms with Crippen molar-refractivity contribution >= 4 is 17.7 Å². The van der Waals surface area contributed by atoms with E-state index in [0.717, 1.165) is 53.6 Å². The summed E-state index contributed by atoms with van der Waals surface area (Å²) in [6.45, 7) is 5.80. The largest absolute Gasteiger partial charge is 0.497 e. The van der Waals surface area contributed by atoms with Crippen molar-refractivity contribution in [3.63, 3.8) is 0 Å². The highest BCUT2D eigenvalue weighted by Crippen LogP contribution is 2.29. The lowest BCUT2D eigenvalue weighted by Gasteiger charge is -2.28. The van der Waals surface area contributed by atoms with Crippen LogP contribution in [-0.2, 0) is 11.2 Å². The van der Waals surface area contributed by atoms with Gasteiger partial charge in [-0.1, -0.05) is 36.9 Å². The summed E-state index contributed by atoms with van der Waals surface area (Å²) in [6.07, 6.45) is 0.946. The summed E-state index contributed by atoms with van der Waals surface area (Å²) in [5, 5.41) is 9.96. The van der Waals surface area contributed by atoms with E-state index in [1.54, 1.807) is 18.9 Å². The van der Waals surface area contributed by atoms with Gasteiger partial charge in [0.05, 0.1) is 32.6 Å². The lowest BCUT2D eigenvalue weighted by atomic mass is 10.1. The molecule has 2 aromatic carbocycles. The standard InChI is InChI=1S/C23H28N4O3S/c1-3-18-6-4-5-7-21(18)27-22(26-12-14-29-15-13-26)24-25-23(27)31-17-16-30-20-10-8-19(28-2)9-11-20/h4-11H,3,12-17H2,1-2H3. The predicted molar refractivity (Wildman–Crippen MR) is 123 cm³/mol. The van der Waals surface area contributed by atoms with Crippen LogP contribution >= 0.6 is 11.8 Å². The highest BCUT2D eigenvalue weighted by molar-refractivity contribution is 7.99. The van der Waals surface area contributed by atoms with Gasteiger partial charge in [-0.3, -0.25) is 4.57 Å². The Bertz CT molecular complexity index is 971. The number of anilines is 1. The van der Waals surface area contributed by atoms with E-state index in [2.05, 4.69) is 50.9 Å². The SMILES string of the molecule is CCc1ccccc1-n1c(SCCOc2ccc(OC)cc2)nnc1N1CCOCC1. The molecule has 1 aliphatic heterocycles. The molecular formula is C23H28N4O3S. The second-order valence-corrected chi connectivity index (χ2v) is 8.13. The molecule has 4 rings (SSSR count). The molecule has 1 fully saturated rings. The summed E-state index contributed by atoms with van der Waals surface area (Å²) in [4.78, 5) is 2.25. The van der Waals surface area contributed by atoms with Crippen LogP contribution in [0.5, 0.6) is 11.5 Å². The number of benzene rings is 2. The van der Waals surface area contributed by atoms with Crippen molar-refractivity contribution in [3.8, 4) is 17.2 Å². The molecule has 1 saturated heterocycles. The molecule has 1 aromatic heterocycles. The van der Waals surface area contributed by atoms with Gasteiger partial charge in [0.2, 0.25) is 5.95 Å². The molecule has 0 unspecified atom stereocenters. The predicted octanol–water partition coefficient (Wildman–Crippen LogP) is 3.85. The maximum atomic E-state index is 5.88. The van der Waals surface area contributed by atoms with Crippen LogP contribution in [0.2, 0.25) is 0 Å². The monoisotopic (exact) mass is 440 g/mol. The molecule has 31 heavy (non-hydrogen) atoms. The molecule has 0 bridgehead atoms. The van der Waals surface area contributed by atoms with E-state index >= 15 is 0 Å². The number of ether oxygens (including phenoxy) is 3. The molecule has 164 valence electrons. The number of aryl methyl sites for hydroxylation is 1. The molecule has 0 N–H and O–H groups in total. The van der Waals surface area contributed by atoms with Gasteiger partial charge in [0.1, 0.15) is 11.5 Å². The lowest BCUT2D eigenvalue weighted by Crippen LogP contribution is -2.38. The molecule has 2 heterocycles. The topological polar surface area (TPSA) is 61.6 Å². The summed E-state index contributed by atoms with van der Waals surface area (Å²) in [5.41, 5.74) is 2.41. The van der Waals surface area contributed by atoms with E-state index in [1.165, 1.54) is 5.56 Å². The number of para-hydroxylation sites is 1. The first-order chi connectivity index (χ1) is 15.3. The number of hydrogen-bond acceptors (Lipinski definition) is 7. The van der Waals surface area contributed by atoms with Crippen LogP contribution in [0.1, 0.15) is 12.5 Å². The maximum absolute atomic E-state index is 5.88. The molecule has 0 radical (unpaired) electrons. The first-order valence-electron chi connectivity index (χ1n) is 10.6. The van der Waals surface area contributed by atoms with Gasteiger partial charge in [-0.15, -0.1) is 10.2 Å². The minimum absolute atomic E-state index is 0.576. The quantitative estimate of drug-likeness (QED) is 0.370. The van der Waals surface area contributed by atoms with Crippen LogP contribution in [-0.4, -0.2) is 60.5 Å².